The maximum atomic E-state index is 4.45. The molecule has 0 spiro atoms. The molecule has 0 radical (unpaired) electrons. The van der Waals surface area contributed by atoms with Gasteiger partial charge in [0.1, 0.15) is 5.69 Å². The van der Waals surface area contributed by atoms with Gasteiger partial charge in [-0.1, -0.05) is 24.3 Å². The van der Waals surface area contributed by atoms with Crippen molar-refractivity contribution >= 4 is 10.9 Å². The molecule has 0 amide bonds. The minimum absolute atomic E-state index is 0.650. The molecule has 0 atom stereocenters. The van der Waals surface area contributed by atoms with Crippen molar-refractivity contribution in [1.82, 2.24) is 24.8 Å². The third kappa shape index (κ3) is 3.58. The molecule has 26 heavy (non-hydrogen) atoms. The highest BCUT2D eigenvalue weighted by Gasteiger charge is 2.07. The Bertz CT molecular complexity index is 994. The van der Waals surface area contributed by atoms with Crippen molar-refractivity contribution < 1.29 is 0 Å². The molecule has 4 aromatic rings. The summed E-state index contributed by atoms with van der Waals surface area (Å²) in [5, 5.41) is 1.20. The van der Waals surface area contributed by atoms with E-state index in [1.807, 2.05) is 48.9 Å². The van der Waals surface area contributed by atoms with Gasteiger partial charge in [0.25, 0.3) is 0 Å². The Balaban J connectivity index is 1.47. The van der Waals surface area contributed by atoms with Gasteiger partial charge in [-0.25, -0.2) is 9.97 Å². The van der Waals surface area contributed by atoms with Crippen LogP contribution in [0, 0.1) is 0 Å². The number of benzene rings is 1. The van der Waals surface area contributed by atoms with Gasteiger partial charge in [0, 0.05) is 48.8 Å². The summed E-state index contributed by atoms with van der Waals surface area (Å²) in [6.45, 7) is 1.62. The van der Waals surface area contributed by atoms with Crippen LogP contribution in [0.1, 0.15) is 11.1 Å². The molecule has 0 aliphatic heterocycles. The van der Waals surface area contributed by atoms with E-state index in [1.165, 1.54) is 10.9 Å². The largest absolute Gasteiger partial charge is 0.298 e. The van der Waals surface area contributed by atoms with E-state index >= 15 is 0 Å². The second kappa shape index (κ2) is 7.37. The smallest absolute Gasteiger partial charge is 0.178 e. The predicted molar refractivity (Wildman–Crippen MR) is 102 cm³/mol. The van der Waals surface area contributed by atoms with Gasteiger partial charge >= 0.3 is 0 Å². The summed E-state index contributed by atoms with van der Waals surface area (Å²) in [7, 11) is 2.10. The van der Waals surface area contributed by atoms with Crippen LogP contribution in [-0.2, 0) is 13.1 Å². The Hall–Kier alpha value is -3.18. The van der Waals surface area contributed by atoms with Gasteiger partial charge in [-0.2, -0.15) is 0 Å². The topological polar surface area (TPSA) is 54.8 Å². The lowest BCUT2D eigenvalue weighted by Gasteiger charge is -2.17. The van der Waals surface area contributed by atoms with Crippen LogP contribution in [0.4, 0.5) is 0 Å². The lowest BCUT2D eigenvalue weighted by Crippen LogP contribution is -2.17. The zero-order valence-corrected chi connectivity index (χ0v) is 14.6. The van der Waals surface area contributed by atoms with Crippen LogP contribution in [0.3, 0.4) is 0 Å². The van der Waals surface area contributed by atoms with Gasteiger partial charge in [0.05, 0.1) is 5.52 Å². The average Bonchev–Trinajstić information content (AvgIpc) is 2.69. The van der Waals surface area contributed by atoms with Crippen LogP contribution >= 0.6 is 0 Å². The van der Waals surface area contributed by atoms with E-state index in [9.17, 15) is 0 Å². The molecule has 128 valence electrons. The summed E-state index contributed by atoms with van der Waals surface area (Å²) >= 11 is 0. The summed E-state index contributed by atoms with van der Waals surface area (Å²) in [5.74, 6) is 0.650. The third-order valence-electron chi connectivity index (χ3n) is 4.23. The first-order valence-electron chi connectivity index (χ1n) is 8.53. The average molecular weight is 341 g/mol. The maximum absolute atomic E-state index is 4.45. The molecule has 0 saturated heterocycles. The molecule has 0 fully saturated rings. The molecule has 0 bridgehead atoms. The van der Waals surface area contributed by atoms with Gasteiger partial charge in [0.2, 0.25) is 0 Å². The van der Waals surface area contributed by atoms with Crippen LogP contribution in [-0.4, -0.2) is 31.9 Å². The van der Waals surface area contributed by atoms with Crippen LogP contribution in [0.15, 0.2) is 73.3 Å². The maximum Gasteiger partial charge on any atom is 0.178 e. The zero-order chi connectivity index (χ0) is 17.8. The van der Waals surface area contributed by atoms with E-state index in [0.717, 1.165) is 29.9 Å². The number of pyridine rings is 2. The summed E-state index contributed by atoms with van der Waals surface area (Å²) < 4.78 is 0. The number of fused-ring (bicyclic) bond motifs is 1. The van der Waals surface area contributed by atoms with Gasteiger partial charge in [0.15, 0.2) is 5.82 Å². The van der Waals surface area contributed by atoms with Gasteiger partial charge in [-0.05, 0) is 36.9 Å². The molecule has 0 saturated carbocycles. The molecule has 5 nitrogen and oxygen atoms in total. The molecule has 1 aromatic carbocycles. The quantitative estimate of drug-likeness (QED) is 0.554. The predicted octanol–water partition coefficient (Wildman–Crippen LogP) is 3.72. The third-order valence-corrected chi connectivity index (χ3v) is 4.23. The van der Waals surface area contributed by atoms with Crippen LogP contribution in [0.5, 0.6) is 0 Å². The van der Waals surface area contributed by atoms with E-state index < -0.39 is 0 Å². The molecule has 3 heterocycles. The van der Waals surface area contributed by atoms with Crippen molar-refractivity contribution in [3.05, 3.63) is 84.4 Å². The van der Waals surface area contributed by atoms with Crippen LogP contribution in [0.25, 0.3) is 22.4 Å². The summed E-state index contributed by atoms with van der Waals surface area (Å²) in [6.07, 6.45) is 7.33. The first-order valence-corrected chi connectivity index (χ1v) is 8.53. The van der Waals surface area contributed by atoms with Gasteiger partial charge < -0.3 is 0 Å². The lowest BCUT2D eigenvalue weighted by molar-refractivity contribution is 0.319. The Morgan fingerprint density at radius 3 is 2.42 bits per heavy atom. The van der Waals surface area contributed by atoms with Crippen molar-refractivity contribution in [2.45, 2.75) is 13.1 Å². The molecule has 0 aliphatic carbocycles. The second-order valence-electron chi connectivity index (χ2n) is 6.29. The molecule has 3 aromatic heterocycles. The number of hydrogen-bond donors (Lipinski definition) is 0. The monoisotopic (exact) mass is 341 g/mol. The Morgan fingerprint density at radius 1 is 0.769 bits per heavy atom. The molecule has 4 rings (SSSR count). The fraction of sp³-hybridized carbons (Fsp3) is 0.143. The highest BCUT2D eigenvalue weighted by Crippen LogP contribution is 2.18. The highest BCUT2D eigenvalue weighted by molar-refractivity contribution is 5.81. The van der Waals surface area contributed by atoms with E-state index in [4.69, 9.17) is 0 Å². The molecular formula is C21H19N5. The van der Waals surface area contributed by atoms with Crippen molar-refractivity contribution in [3.63, 3.8) is 0 Å². The summed E-state index contributed by atoms with van der Waals surface area (Å²) in [6, 6.07) is 16.1. The van der Waals surface area contributed by atoms with E-state index in [-0.39, 0.29) is 0 Å². The van der Waals surface area contributed by atoms with E-state index in [2.05, 4.69) is 50.1 Å². The first-order chi connectivity index (χ1) is 12.8. The normalized spacial score (nSPS) is 11.2. The van der Waals surface area contributed by atoms with Gasteiger partial charge in [-0.15, -0.1) is 0 Å². The zero-order valence-electron chi connectivity index (χ0n) is 14.6. The van der Waals surface area contributed by atoms with E-state index in [0.29, 0.717) is 5.82 Å². The molecular weight excluding hydrogens is 322 g/mol. The molecule has 0 N–H and O–H groups in total. The number of hydrogen-bond acceptors (Lipinski definition) is 5. The minimum atomic E-state index is 0.650. The standard InChI is InChI=1S/C21H19N5/c1-26(15-17-6-4-9-19-18(17)7-5-11-22-19)14-16-12-24-21(25-13-16)20-8-2-3-10-23-20/h2-13H,14-15H2,1H3. The molecule has 0 aliphatic rings. The highest BCUT2D eigenvalue weighted by atomic mass is 15.1. The Labute approximate surface area is 152 Å². The number of aromatic nitrogens is 4. The SMILES string of the molecule is CN(Cc1cnc(-c2ccccn2)nc1)Cc1cccc2ncccc12. The van der Waals surface area contributed by atoms with Gasteiger partial charge in [-0.3, -0.25) is 14.9 Å². The van der Waals surface area contributed by atoms with Crippen molar-refractivity contribution in [2.75, 3.05) is 7.05 Å². The molecule has 5 heteroatoms. The fourth-order valence-electron chi connectivity index (χ4n) is 3.03. The minimum Gasteiger partial charge on any atom is -0.298 e. The van der Waals surface area contributed by atoms with Crippen LogP contribution in [0.2, 0.25) is 0 Å². The van der Waals surface area contributed by atoms with Crippen molar-refractivity contribution in [3.8, 4) is 11.5 Å². The Kier molecular flexibility index (Phi) is 4.62. The molecule has 0 unspecified atom stereocenters. The lowest BCUT2D eigenvalue weighted by atomic mass is 10.1. The summed E-state index contributed by atoms with van der Waals surface area (Å²) in [5.41, 5.74) is 4.16. The first kappa shape index (κ1) is 16.3. The van der Waals surface area contributed by atoms with Crippen LogP contribution < -0.4 is 0 Å². The number of nitrogens with zero attached hydrogens (tertiary/aromatic N) is 5. The summed E-state index contributed by atoms with van der Waals surface area (Å²) in [4.78, 5) is 19.9. The fourth-order valence-corrected chi connectivity index (χ4v) is 3.03. The second-order valence-corrected chi connectivity index (χ2v) is 6.29. The van der Waals surface area contributed by atoms with Crippen molar-refractivity contribution in [2.24, 2.45) is 0 Å². The van der Waals surface area contributed by atoms with E-state index in [1.54, 1.807) is 6.20 Å². The number of rotatable bonds is 5. The Morgan fingerprint density at radius 2 is 1.62 bits per heavy atom. The van der Waals surface area contributed by atoms with Crippen molar-refractivity contribution in [1.29, 1.82) is 0 Å².